The Bertz CT molecular complexity index is 1390. The lowest BCUT2D eigenvalue weighted by Gasteiger charge is -2.35. The topological polar surface area (TPSA) is 83.9 Å². The monoisotopic (exact) mass is 590 g/mol. The number of halogens is 1. The minimum atomic E-state index is -0.494. The Morgan fingerprint density at radius 3 is 2.65 bits per heavy atom. The Morgan fingerprint density at radius 1 is 1.09 bits per heavy atom. The molecule has 0 atom stereocenters. The van der Waals surface area contributed by atoms with Crippen LogP contribution in [0.3, 0.4) is 0 Å². The van der Waals surface area contributed by atoms with Gasteiger partial charge in [0.2, 0.25) is 0 Å². The van der Waals surface area contributed by atoms with E-state index in [9.17, 15) is 9.18 Å². The van der Waals surface area contributed by atoms with E-state index in [1.54, 1.807) is 11.1 Å². The average Bonchev–Trinajstić information content (AvgIpc) is 3.02. The molecule has 3 aromatic rings. The van der Waals surface area contributed by atoms with Crippen LogP contribution in [-0.4, -0.2) is 75.5 Å². The first kappa shape index (κ1) is 30.7. The average molecular weight is 591 g/mol. The van der Waals surface area contributed by atoms with Crippen LogP contribution in [0.5, 0.6) is 17.2 Å². The SMILES string of the molecule is CCCCN1CCc2nccc(OC3CCN(c4ncncc4Oc4ccc(F)cc4C(=O)N(CC)C(C)C)CC3)c2C1. The van der Waals surface area contributed by atoms with E-state index in [1.165, 1.54) is 42.9 Å². The molecule has 1 aromatic carbocycles. The zero-order valence-electron chi connectivity index (χ0n) is 25.8. The summed E-state index contributed by atoms with van der Waals surface area (Å²) in [6, 6.07) is 5.99. The molecule has 10 heteroatoms. The van der Waals surface area contributed by atoms with Crippen LogP contribution in [0.4, 0.5) is 10.2 Å². The molecule has 0 saturated carbocycles. The number of piperidine rings is 1. The van der Waals surface area contributed by atoms with Gasteiger partial charge in [-0.2, -0.15) is 0 Å². The summed E-state index contributed by atoms with van der Waals surface area (Å²) in [5.74, 6) is 1.51. The quantitative estimate of drug-likeness (QED) is 0.274. The predicted molar refractivity (Wildman–Crippen MR) is 164 cm³/mol. The maximum atomic E-state index is 14.3. The lowest BCUT2D eigenvalue weighted by molar-refractivity contribution is 0.0713. The fraction of sp³-hybridized carbons (Fsp3) is 0.515. The van der Waals surface area contributed by atoms with Crippen LogP contribution in [0.15, 0.2) is 43.0 Å². The van der Waals surface area contributed by atoms with Gasteiger partial charge in [0.1, 0.15) is 29.7 Å². The highest BCUT2D eigenvalue weighted by Crippen LogP contribution is 2.35. The highest BCUT2D eigenvalue weighted by atomic mass is 19.1. The van der Waals surface area contributed by atoms with Crippen molar-refractivity contribution in [2.75, 3.05) is 37.6 Å². The summed E-state index contributed by atoms with van der Waals surface area (Å²) in [4.78, 5) is 33.0. The Hall–Kier alpha value is -3.79. The summed E-state index contributed by atoms with van der Waals surface area (Å²) >= 11 is 0. The van der Waals surface area contributed by atoms with Gasteiger partial charge in [0.25, 0.3) is 5.91 Å². The zero-order chi connectivity index (χ0) is 30.3. The van der Waals surface area contributed by atoms with Crippen molar-refractivity contribution in [2.24, 2.45) is 0 Å². The molecule has 9 nitrogen and oxygen atoms in total. The molecule has 0 unspecified atom stereocenters. The van der Waals surface area contributed by atoms with Crippen molar-refractivity contribution in [2.45, 2.75) is 78.5 Å². The minimum Gasteiger partial charge on any atom is -0.490 e. The van der Waals surface area contributed by atoms with Crippen molar-refractivity contribution >= 4 is 11.7 Å². The molecule has 0 bridgehead atoms. The van der Waals surface area contributed by atoms with Crippen LogP contribution in [0, 0.1) is 5.82 Å². The number of amides is 1. The second-order valence-corrected chi connectivity index (χ2v) is 11.6. The summed E-state index contributed by atoms with van der Waals surface area (Å²) < 4.78 is 27.1. The standard InChI is InChI=1S/C33H43FN6O3/c1-5-7-15-38-16-13-28-27(21-38)30(10-14-36-28)42-25-11-17-39(18-12-25)32-31(20-35-22-37-32)43-29-9-8-24(34)19-26(29)33(41)40(6-2)23(3)4/h8-10,14,19-20,22-23,25H,5-7,11-13,15-18,21H2,1-4H3. The number of rotatable bonds is 11. The van der Waals surface area contributed by atoms with Crippen LogP contribution >= 0.6 is 0 Å². The third-order valence-corrected chi connectivity index (χ3v) is 8.29. The molecular weight excluding hydrogens is 547 g/mol. The number of carbonyl (C=O) groups excluding carboxylic acids is 1. The van der Waals surface area contributed by atoms with Crippen molar-refractivity contribution < 1.29 is 18.7 Å². The van der Waals surface area contributed by atoms with Gasteiger partial charge >= 0.3 is 0 Å². The number of aromatic nitrogens is 3. The summed E-state index contributed by atoms with van der Waals surface area (Å²) in [5, 5.41) is 0. The van der Waals surface area contributed by atoms with Crippen molar-refractivity contribution in [3.63, 3.8) is 0 Å². The molecule has 1 saturated heterocycles. The summed E-state index contributed by atoms with van der Waals surface area (Å²) in [6.07, 6.45) is 10.0. The molecule has 2 aliphatic rings. The van der Waals surface area contributed by atoms with E-state index in [2.05, 4.69) is 31.7 Å². The van der Waals surface area contributed by atoms with Gasteiger partial charge in [0, 0.05) is 75.5 Å². The van der Waals surface area contributed by atoms with E-state index in [0.717, 1.165) is 63.4 Å². The third-order valence-electron chi connectivity index (χ3n) is 8.29. The molecule has 2 aliphatic heterocycles. The molecule has 0 spiro atoms. The van der Waals surface area contributed by atoms with Crippen molar-refractivity contribution in [1.82, 2.24) is 24.8 Å². The lowest BCUT2D eigenvalue weighted by Crippen LogP contribution is -2.39. The Morgan fingerprint density at radius 2 is 1.91 bits per heavy atom. The van der Waals surface area contributed by atoms with Gasteiger partial charge in [-0.15, -0.1) is 0 Å². The number of unbranched alkanes of at least 4 members (excludes halogenated alkanes) is 1. The van der Waals surface area contributed by atoms with E-state index in [4.69, 9.17) is 9.47 Å². The maximum absolute atomic E-state index is 14.3. The molecule has 0 radical (unpaired) electrons. The van der Waals surface area contributed by atoms with E-state index in [1.807, 2.05) is 33.0 Å². The highest BCUT2D eigenvalue weighted by Gasteiger charge is 2.28. The third kappa shape index (κ3) is 7.24. The molecule has 4 heterocycles. The number of hydrogen-bond donors (Lipinski definition) is 0. The highest BCUT2D eigenvalue weighted by molar-refractivity contribution is 5.97. The number of nitrogens with zero attached hydrogens (tertiary/aromatic N) is 6. The Labute approximate surface area is 254 Å². The van der Waals surface area contributed by atoms with Crippen molar-refractivity contribution in [3.05, 3.63) is 65.6 Å². The maximum Gasteiger partial charge on any atom is 0.257 e. The van der Waals surface area contributed by atoms with E-state index < -0.39 is 5.82 Å². The second-order valence-electron chi connectivity index (χ2n) is 11.6. The number of hydrogen-bond acceptors (Lipinski definition) is 8. The number of benzene rings is 1. The van der Waals surface area contributed by atoms with Gasteiger partial charge < -0.3 is 19.3 Å². The summed E-state index contributed by atoms with van der Waals surface area (Å²) in [6.45, 7) is 13.0. The molecule has 0 N–H and O–H groups in total. The van der Waals surface area contributed by atoms with Crippen LogP contribution in [0.25, 0.3) is 0 Å². The largest absolute Gasteiger partial charge is 0.490 e. The molecular formula is C33H43FN6O3. The van der Waals surface area contributed by atoms with Crippen LogP contribution in [-0.2, 0) is 13.0 Å². The number of ether oxygens (including phenoxy) is 2. The summed E-state index contributed by atoms with van der Waals surface area (Å²) in [7, 11) is 0. The number of pyridine rings is 1. The molecule has 43 heavy (non-hydrogen) atoms. The van der Waals surface area contributed by atoms with Crippen LogP contribution in [0.1, 0.15) is 75.0 Å². The molecule has 5 rings (SSSR count). The molecule has 2 aromatic heterocycles. The fourth-order valence-corrected chi connectivity index (χ4v) is 5.91. The van der Waals surface area contributed by atoms with Crippen LogP contribution < -0.4 is 14.4 Å². The Kier molecular flexibility index (Phi) is 10.1. The molecule has 0 aliphatic carbocycles. The number of fused-ring (bicyclic) bond motifs is 1. The second kappa shape index (κ2) is 14.1. The van der Waals surface area contributed by atoms with Gasteiger partial charge in [0.05, 0.1) is 11.8 Å². The van der Waals surface area contributed by atoms with Gasteiger partial charge in [-0.1, -0.05) is 13.3 Å². The lowest BCUT2D eigenvalue weighted by atomic mass is 10.0. The smallest absolute Gasteiger partial charge is 0.257 e. The Balaban J connectivity index is 1.27. The van der Waals surface area contributed by atoms with E-state index in [-0.39, 0.29) is 29.4 Å². The van der Waals surface area contributed by atoms with Gasteiger partial charge in [0.15, 0.2) is 11.6 Å². The number of anilines is 1. The normalized spacial score (nSPS) is 15.8. The van der Waals surface area contributed by atoms with Gasteiger partial charge in [-0.25, -0.2) is 14.4 Å². The van der Waals surface area contributed by atoms with Gasteiger partial charge in [-0.05, 0) is 58.0 Å². The molecule has 1 amide bonds. The number of carbonyl (C=O) groups is 1. The van der Waals surface area contributed by atoms with E-state index >= 15 is 0 Å². The summed E-state index contributed by atoms with van der Waals surface area (Å²) in [5.41, 5.74) is 2.55. The first-order chi connectivity index (χ1) is 20.9. The molecule has 1 fully saturated rings. The fourth-order valence-electron chi connectivity index (χ4n) is 5.91. The van der Waals surface area contributed by atoms with Crippen molar-refractivity contribution in [1.29, 1.82) is 0 Å². The minimum absolute atomic E-state index is 0.0367. The van der Waals surface area contributed by atoms with Gasteiger partial charge in [-0.3, -0.25) is 14.7 Å². The van der Waals surface area contributed by atoms with Crippen molar-refractivity contribution in [3.8, 4) is 17.2 Å². The van der Waals surface area contributed by atoms with E-state index in [0.29, 0.717) is 18.1 Å². The zero-order valence-corrected chi connectivity index (χ0v) is 25.8. The van der Waals surface area contributed by atoms with Crippen LogP contribution in [0.2, 0.25) is 0 Å². The first-order valence-electron chi connectivity index (χ1n) is 15.6. The predicted octanol–water partition coefficient (Wildman–Crippen LogP) is 5.88. The molecule has 230 valence electrons. The first-order valence-corrected chi connectivity index (χ1v) is 15.6.